The summed E-state index contributed by atoms with van der Waals surface area (Å²) in [4.78, 5) is 10.2. The molecule has 0 aliphatic carbocycles. The Morgan fingerprint density at radius 2 is 2.04 bits per heavy atom. The maximum atomic E-state index is 4.29. The van der Waals surface area contributed by atoms with Crippen molar-refractivity contribution in [3.63, 3.8) is 0 Å². The molecule has 130 valence electrons. The molecule has 3 aromatic heterocycles. The SMILES string of the molecule is c1cncc(N2CCC[C@@H]2Cc2c[nH]c3ccc(-n4cnnc4)cc23)c1. The summed E-state index contributed by atoms with van der Waals surface area (Å²) < 4.78 is 1.94. The van der Waals surface area contributed by atoms with Gasteiger partial charge in [0, 0.05) is 41.6 Å². The maximum Gasteiger partial charge on any atom is 0.123 e. The summed E-state index contributed by atoms with van der Waals surface area (Å²) in [6.45, 7) is 1.10. The number of benzene rings is 1. The van der Waals surface area contributed by atoms with Crippen LogP contribution in [-0.2, 0) is 6.42 Å². The highest BCUT2D eigenvalue weighted by Gasteiger charge is 2.26. The molecule has 0 unspecified atom stereocenters. The molecule has 1 aliphatic heterocycles. The molecule has 1 saturated heterocycles. The number of aromatic nitrogens is 5. The number of nitrogens with zero attached hydrogens (tertiary/aromatic N) is 5. The Kier molecular flexibility index (Phi) is 3.66. The van der Waals surface area contributed by atoms with E-state index in [1.54, 1.807) is 12.7 Å². The van der Waals surface area contributed by atoms with Crippen molar-refractivity contribution < 1.29 is 0 Å². The number of rotatable bonds is 4. The Labute approximate surface area is 151 Å². The molecule has 0 radical (unpaired) electrons. The molecule has 4 aromatic rings. The van der Waals surface area contributed by atoms with E-state index in [2.05, 4.69) is 55.5 Å². The summed E-state index contributed by atoms with van der Waals surface area (Å²) in [5.74, 6) is 0. The van der Waals surface area contributed by atoms with Crippen molar-refractivity contribution in [3.05, 3.63) is 67.1 Å². The first-order valence-electron chi connectivity index (χ1n) is 9.00. The molecular weight excluding hydrogens is 324 g/mol. The second kappa shape index (κ2) is 6.29. The van der Waals surface area contributed by atoms with Gasteiger partial charge < -0.3 is 9.88 Å². The van der Waals surface area contributed by atoms with Crippen LogP contribution in [0.5, 0.6) is 0 Å². The van der Waals surface area contributed by atoms with Crippen LogP contribution >= 0.6 is 0 Å². The van der Waals surface area contributed by atoms with Crippen LogP contribution in [-0.4, -0.2) is 37.3 Å². The number of aromatic amines is 1. The van der Waals surface area contributed by atoms with Gasteiger partial charge >= 0.3 is 0 Å². The van der Waals surface area contributed by atoms with Crippen molar-refractivity contribution in [2.75, 3.05) is 11.4 Å². The third-order valence-corrected chi connectivity index (χ3v) is 5.28. The number of fused-ring (bicyclic) bond motifs is 1. The number of hydrogen-bond acceptors (Lipinski definition) is 4. The molecule has 26 heavy (non-hydrogen) atoms. The third kappa shape index (κ3) is 2.63. The number of H-pyrrole nitrogens is 1. The Balaban J connectivity index is 1.46. The van der Waals surface area contributed by atoms with E-state index < -0.39 is 0 Å². The molecule has 1 aliphatic rings. The highest BCUT2D eigenvalue weighted by atomic mass is 15.2. The van der Waals surface area contributed by atoms with Crippen LogP contribution in [0.15, 0.2) is 61.6 Å². The largest absolute Gasteiger partial charge is 0.367 e. The van der Waals surface area contributed by atoms with Crippen LogP contribution in [0, 0.1) is 0 Å². The Morgan fingerprint density at radius 1 is 1.12 bits per heavy atom. The molecule has 1 N–H and O–H groups in total. The topological polar surface area (TPSA) is 62.6 Å². The van der Waals surface area contributed by atoms with Gasteiger partial charge in [-0.15, -0.1) is 10.2 Å². The van der Waals surface area contributed by atoms with Gasteiger partial charge in [0.25, 0.3) is 0 Å². The van der Waals surface area contributed by atoms with Gasteiger partial charge in [-0.3, -0.25) is 9.55 Å². The molecule has 4 heterocycles. The zero-order valence-electron chi connectivity index (χ0n) is 14.4. The fourth-order valence-corrected chi connectivity index (χ4v) is 4.00. The van der Waals surface area contributed by atoms with Crippen LogP contribution in [0.3, 0.4) is 0 Å². The summed E-state index contributed by atoms with van der Waals surface area (Å²) in [6.07, 6.45) is 12.9. The lowest BCUT2D eigenvalue weighted by atomic mass is 10.0. The minimum absolute atomic E-state index is 0.511. The number of nitrogens with one attached hydrogen (secondary N) is 1. The zero-order chi connectivity index (χ0) is 17.3. The maximum absolute atomic E-state index is 4.29. The van der Waals surface area contributed by atoms with E-state index >= 15 is 0 Å². The number of hydrogen-bond donors (Lipinski definition) is 1. The van der Waals surface area contributed by atoms with E-state index in [4.69, 9.17) is 0 Å². The number of anilines is 1. The average Bonchev–Trinajstić information content (AvgIpc) is 3.44. The van der Waals surface area contributed by atoms with Crippen LogP contribution in [0.1, 0.15) is 18.4 Å². The molecule has 6 heteroatoms. The molecule has 0 saturated carbocycles. The molecule has 1 aromatic carbocycles. The Hall–Kier alpha value is -3.15. The van der Waals surface area contributed by atoms with Gasteiger partial charge in [0.2, 0.25) is 0 Å². The van der Waals surface area contributed by atoms with Crippen molar-refractivity contribution in [1.82, 2.24) is 24.7 Å². The van der Waals surface area contributed by atoms with E-state index in [0.717, 1.165) is 18.7 Å². The van der Waals surface area contributed by atoms with Gasteiger partial charge in [0.15, 0.2) is 0 Å². The van der Waals surface area contributed by atoms with Gasteiger partial charge in [-0.1, -0.05) is 0 Å². The summed E-state index contributed by atoms with van der Waals surface area (Å²) in [5.41, 5.74) is 4.83. The predicted molar refractivity (Wildman–Crippen MR) is 102 cm³/mol. The molecular formula is C20H20N6. The van der Waals surface area contributed by atoms with Crippen molar-refractivity contribution in [1.29, 1.82) is 0 Å². The molecule has 1 atom stereocenters. The monoisotopic (exact) mass is 344 g/mol. The molecule has 5 rings (SSSR count). The second-order valence-electron chi connectivity index (χ2n) is 6.82. The first-order chi connectivity index (χ1) is 12.9. The minimum atomic E-state index is 0.511. The smallest absolute Gasteiger partial charge is 0.123 e. The summed E-state index contributed by atoms with van der Waals surface area (Å²) in [7, 11) is 0. The van der Waals surface area contributed by atoms with Crippen molar-refractivity contribution in [2.24, 2.45) is 0 Å². The van der Waals surface area contributed by atoms with Gasteiger partial charge in [-0.05, 0) is 55.2 Å². The standard InChI is InChI=1S/C20H20N6/c1-3-18(12-21-7-1)26-8-2-4-17(26)9-15-11-22-20-6-5-16(10-19(15)20)25-13-23-24-14-25/h1,3,5-7,10-14,17,22H,2,4,8-9H2/t17-/m1/s1. The van der Waals surface area contributed by atoms with Crippen molar-refractivity contribution in [3.8, 4) is 5.69 Å². The van der Waals surface area contributed by atoms with E-state index in [1.807, 2.05) is 23.0 Å². The van der Waals surface area contributed by atoms with E-state index in [1.165, 1.54) is 35.0 Å². The normalized spacial score (nSPS) is 17.2. The van der Waals surface area contributed by atoms with Gasteiger partial charge in [-0.2, -0.15) is 0 Å². The van der Waals surface area contributed by atoms with Gasteiger partial charge in [-0.25, -0.2) is 0 Å². The van der Waals surface area contributed by atoms with Gasteiger partial charge in [0.1, 0.15) is 12.7 Å². The van der Waals surface area contributed by atoms with Crippen molar-refractivity contribution >= 4 is 16.6 Å². The summed E-state index contributed by atoms with van der Waals surface area (Å²) in [6, 6.07) is 11.1. The number of pyridine rings is 1. The first kappa shape index (κ1) is 15.1. The highest BCUT2D eigenvalue weighted by Crippen LogP contribution is 2.30. The minimum Gasteiger partial charge on any atom is -0.367 e. The molecule has 0 bridgehead atoms. The molecule has 0 amide bonds. The third-order valence-electron chi connectivity index (χ3n) is 5.28. The quantitative estimate of drug-likeness (QED) is 0.617. The summed E-state index contributed by atoms with van der Waals surface area (Å²) >= 11 is 0. The molecule has 6 nitrogen and oxygen atoms in total. The van der Waals surface area contributed by atoms with Gasteiger partial charge in [0.05, 0.1) is 11.9 Å². The lowest BCUT2D eigenvalue weighted by Gasteiger charge is -2.26. The Bertz CT molecular complexity index is 1010. The van der Waals surface area contributed by atoms with E-state index in [0.29, 0.717) is 6.04 Å². The fraction of sp³-hybridized carbons (Fsp3) is 0.250. The zero-order valence-corrected chi connectivity index (χ0v) is 14.4. The van der Waals surface area contributed by atoms with Crippen LogP contribution < -0.4 is 4.90 Å². The predicted octanol–water partition coefficient (Wildman–Crippen LogP) is 3.36. The Morgan fingerprint density at radius 3 is 2.88 bits per heavy atom. The first-order valence-corrected chi connectivity index (χ1v) is 9.00. The molecule has 0 spiro atoms. The average molecular weight is 344 g/mol. The van der Waals surface area contributed by atoms with Crippen LogP contribution in [0.4, 0.5) is 5.69 Å². The molecule has 1 fully saturated rings. The van der Waals surface area contributed by atoms with Crippen LogP contribution in [0.25, 0.3) is 16.6 Å². The lowest BCUT2D eigenvalue weighted by Crippen LogP contribution is -2.30. The second-order valence-corrected chi connectivity index (χ2v) is 6.82. The van der Waals surface area contributed by atoms with E-state index in [-0.39, 0.29) is 0 Å². The summed E-state index contributed by atoms with van der Waals surface area (Å²) in [5, 5.41) is 9.09. The highest BCUT2D eigenvalue weighted by molar-refractivity contribution is 5.85. The van der Waals surface area contributed by atoms with E-state index in [9.17, 15) is 0 Å². The van der Waals surface area contributed by atoms with Crippen molar-refractivity contribution in [2.45, 2.75) is 25.3 Å². The fourth-order valence-electron chi connectivity index (χ4n) is 4.00. The van der Waals surface area contributed by atoms with Crippen LogP contribution in [0.2, 0.25) is 0 Å². The lowest BCUT2D eigenvalue weighted by molar-refractivity contribution is 0.665.